The highest BCUT2D eigenvalue weighted by Gasteiger charge is 2.14. The second-order valence-electron chi connectivity index (χ2n) is 5.74. The number of hydrogen-bond donors (Lipinski definition) is 1. The van der Waals surface area contributed by atoms with E-state index in [-0.39, 0.29) is 0 Å². The van der Waals surface area contributed by atoms with Crippen LogP contribution in [0.25, 0.3) is 0 Å². The van der Waals surface area contributed by atoms with Gasteiger partial charge in [-0.25, -0.2) is 0 Å². The molecule has 0 bridgehead atoms. The van der Waals surface area contributed by atoms with E-state index in [0.29, 0.717) is 0 Å². The molecule has 110 valence electrons. The topological polar surface area (TPSA) is 15.3 Å². The first-order valence-electron chi connectivity index (χ1n) is 7.98. The van der Waals surface area contributed by atoms with Crippen molar-refractivity contribution in [1.29, 1.82) is 0 Å². The highest BCUT2D eigenvalue weighted by Crippen LogP contribution is 2.24. The van der Waals surface area contributed by atoms with E-state index < -0.39 is 0 Å². The smallest absolute Gasteiger partial charge is 0.0432 e. The Morgan fingerprint density at radius 3 is 2.52 bits per heavy atom. The van der Waals surface area contributed by atoms with Gasteiger partial charge in [0.15, 0.2) is 0 Å². The van der Waals surface area contributed by atoms with Gasteiger partial charge in [0.25, 0.3) is 0 Å². The van der Waals surface area contributed by atoms with E-state index in [9.17, 15) is 0 Å². The third kappa shape index (κ3) is 3.45. The lowest BCUT2D eigenvalue weighted by Gasteiger charge is -2.23. The average Bonchev–Trinajstić information content (AvgIpc) is 2.75. The van der Waals surface area contributed by atoms with E-state index in [4.69, 9.17) is 0 Å². The Bertz CT molecular complexity index is 574. The summed E-state index contributed by atoms with van der Waals surface area (Å²) in [6.07, 6.45) is 2.43. The normalized spacial score (nSPS) is 14.6. The second kappa shape index (κ2) is 6.77. The first-order valence-corrected chi connectivity index (χ1v) is 7.98. The number of fused-ring (bicyclic) bond motifs is 1. The Morgan fingerprint density at radius 1 is 1.00 bits per heavy atom. The minimum Gasteiger partial charge on any atom is -0.367 e. The Kier molecular flexibility index (Phi) is 4.56. The van der Waals surface area contributed by atoms with E-state index in [1.54, 1.807) is 0 Å². The van der Waals surface area contributed by atoms with Gasteiger partial charge in [0.05, 0.1) is 0 Å². The summed E-state index contributed by atoms with van der Waals surface area (Å²) in [5.41, 5.74) is 5.69. The molecule has 1 N–H and O–H groups in total. The molecule has 1 aliphatic heterocycles. The molecule has 0 saturated heterocycles. The van der Waals surface area contributed by atoms with Gasteiger partial charge in [-0.05, 0) is 48.2 Å². The summed E-state index contributed by atoms with van der Waals surface area (Å²) in [5.74, 6) is 0. The van der Waals surface area contributed by atoms with Crippen LogP contribution in [0.2, 0.25) is 0 Å². The highest BCUT2D eigenvalue weighted by molar-refractivity contribution is 5.49. The highest BCUT2D eigenvalue weighted by atomic mass is 15.1. The molecule has 0 aromatic heterocycles. The van der Waals surface area contributed by atoms with Crippen molar-refractivity contribution in [2.24, 2.45) is 0 Å². The summed E-state index contributed by atoms with van der Waals surface area (Å²) in [7, 11) is 0. The minimum atomic E-state index is 0.958. The largest absolute Gasteiger partial charge is 0.367 e. The summed E-state index contributed by atoms with van der Waals surface area (Å²) in [6, 6.07) is 17.9. The number of anilines is 1. The van der Waals surface area contributed by atoms with Crippen molar-refractivity contribution >= 4 is 5.69 Å². The van der Waals surface area contributed by atoms with Crippen LogP contribution in [0.4, 0.5) is 5.69 Å². The molecule has 2 heteroatoms. The fourth-order valence-corrected chi connectivity index (χ4v) is 3.02. The molecule has 0 radical (unpaired) electrons. The molecule has 0 fully saturated rings. The Hall–Kier alpha value is -1.80. The molecular weight excluding hydrogens is 256 g/mol. The van der Waals surface area contributed by atoms with Crippen molar-refractivity contribution in [3.05, 3.63) is 65.2 Å². The molecule has 0 spiro atoms. The van der Waals surface area contributed by atoms with Crippen molar-refractivity contribution in [3.63, 3.8) is 0 Å². The Balaban J connectivity index is 1.74. The molecule has 0 saturated carbocycles. The van der Waals surface area contributed by atoms with Crippen LogP contribution < -0.4 is 10.2 Å². The summed E-state index contributed by atoms with van der Waals surface area (Å²) in [4.78, 5) is 2.50. The van der Waals surface area contributed by atoms with Crippen molar-refractivity contribution in [2.45, 2.75) is 32.9 Å². The summed E-state index contributed by atoms with van der Waals surface area (Å²) in [6.45, 7) is 6.29. The fourth-order valence-electron chi connectivity index (χ4n) is 3.02. The van der Waals surface area contributed by atoms with Crippen LogP contribution in [0.3, 0.4) is 0 Å². The van der Waals surface area contributed by atoms with Gasteiger partial charge in [0, 0.05) is 25.3 Å². The van der Waals surface area contributed by atoms with E-state index in [1.807, 2.05) is 0 Å². The molecule has 0 aliphatic carbocycles. The molecule has 2 nitrogen and oxygen atoms in total. The number of aryl methyl sites for hydroxylation is 1. The van der Waals surface area contributed by atoms with Crippen LogP contribution >= 0.6 is 0 Å². The first kappa shape index (κ1) is 14.2. The zero-order valence-corrected chi connectivity index (χ0v) is 12.8. The molecule has 0 unspecified atom stereocenters. The molecule has 3 rings (SSSR count). The number of hydrogen-bond acceptors (Lipinski definition) is 2. The molecule has 1 aliphatic rings. The summed E-state index contributed by atoms with van der Waals surface area (Å²) < 4.78 is 0. The van der Waals surface area contributed by atoms with Crippen molar-refractivity contribution < 1.29 is 0 Å². The molecule has 0 atom stereocenters. The maximum Gasteiger partial charge on any atom is 0.0432 e. The van der Waals surface area contributed by atoms with Crippen LogP contribution in [-0.4, -0.2) is 13.1 Å². The van der Waals surface area contributed by atoms with Gasteiger partial charge in [-0.3, -0.25) is 0 Å². The van der Waals surface area contributed by atoms with Gasteiger partial charge < -0.3 is 10.2 Å². The van der Waals surface area contributed by atoms with Crippen LogP contribution in [-0.2, 0) is 19.5 Å². The molecule has 21 heavy (non-hydrogen) atoms. The first-order chi connectivity index (χ1) is 10.4. The predicted octanol–water partition coefficient (Wildman–Crippen LogP) is 3.75. The molecule has 2 aromatic carbocycles. The second-order valence-corrected chi connectivity index (χ2v) is 5.74. The average molecular weight is 280 g/mol. The molecule has 1 heterocycles. The maximum absolute atomic E-state index is 3.37. The van der Waals surface area contributed by atoms with Gasteiger partial charge in [0.1, 0.15) is 0 Å². The van der Waals surface area contributed by atoms with E-state index in [1.165, 1.54) is 35.2 Å². The van der Waals surface area contributed by atoms with Crippen LogP contribution in [0, 0.1) is 0 Å². The number of nitrogens with one attached hydrogen (secondary N) is 1. The number of rotatable bonds is 4. The fraction of sp³-hybridized carbons (Fsp3) is 0.368. The van der Waals surface area contributed by atoms with Gasteiger partial charge in [-0.2, -0.15) is 0 Å². The number of benzene rings is 2. The van der Waals surface area contributed by atoms with E-state index in [0.717, 1.165) is 26.2 Å². The predicted molar refractivity (Wildman–Crippen MR) is 89.6 cm³/mol. The zero-order valence-electron chi connectivity index (χ0n) is 12.8. The third-order valence-electron chi connectivity index (χ3n) is 4.23. The van der Waals surface area contributed by atoms with E-state index >= 15 is 0 Å². The third-order valence-corrected chi connectivity index (χ3v) is 4.23. The lowest BCUT2D eigenvalue weighted by molar-refractivity contribution is 0.726. The van der Waals surface area contributed by atoms with Crippen LogP contribution in [0.5, 0.6) is 0 Å². The minimum absolute atomic E-state index is 0.958. The monoisotopic (exact) mass is 280 g/mol. The van der Waals surface area contributed by atoms with Crippen molar-refractivity contribution in [3.8, 4) is 0 Å². The molecule has 2 aromatic rings. The van der Waals surface area contributed by atoms with Gasteiger partial charge in [-0.1, -0.05) is 43.3 Å². The number of nitrogens with zero attached hydrogens (tertiary/aromatic N) is 1. The molecule has 0 amide bonds. The van der Waals surface area contributed by atoms with Crippen LogP contribution in [0.1, 0.15) is 30.0 Å². The van der Waals surface area contributed by atoms with Gasteiger partial charge in [-0.15, -0.1) is 0 Å². The van der Waals surface area contributed by atoms with Gasteiger partial charge in [0.2, 0.25) is 0 Å². The summed E-state index contributed by atoms with van der Waals surface area (Å²) >= 11 is 0. The zero-order chi connectivity index (χ0) is 14.5. The van der Waals surface area contributed by atoms with Gasteiger partial charge >= 0.3 is 0 Å². The van der Waals surface area contributed by atoms with E-state index in [2.05, 4.69) is 65.7 Å². The van der Waals surface area contributed by atoms with Crippen LogP contribution in [0.15, 0.2) is 48.5 Å². The maximum atomic E-state index is 3.37. The quantitative estimate of drug-likeness (QED) is 0.917. The molecular formula is C19H24N2. The SMILES string of the molecule is CCNCc1ccc(N2CCCc3ccccc3C2)cc1. The van der Waals surface area contributed by atoms with Crippen molar-refractivity contribution in [1.82, 2.24) is 5.32 Å². The standard InChI is InChI=1S/C19H24N2/c1-2-20-14-16-9-11-19(12-10-16)21-13-5-8-17-6-3-4-7-18(17)15-21/h3-4,6-7,9-12,20H,2,5,8,13-15H2,1H3. The summed E-state index contributed by atoms with van der Waals surface area (Å²) in [5, 5.41) is 3.37. The van der Waals surface area contributed by atoms with Crippen molar-refractivity contribution in [2.75, 3.05) is 18.0 Å². The lowest BCUT2D eigenvalue weighted by atomic mass is 10.0. The lowest BCUT2D eigenvalue weighted by Crippen LogP contribution is -2.22. The Morgan fingerprint density at radius 2 is 1.76 bits per heavy atom. The Labute approximate surface area is 127 Å².